The van der Waals surface area contributed by atoms with Gasteiger partial charge < -0.3 is 47.4 Å². The largest absolute Gasteiger partial charge is 0.491 e. The highest BCUT2D eigenvalue weighted by Gasteiger charge is 2.26. The molecule has 5 saturated heterocycles. The van der Waals surface area contributed by atoms with Gasteiger partial charge in [0.1, 0.15) is 92.3 Å². The molecule has 0 bridgehead atoms. The van der Waals surface area contributed by atoms with E-state index in [9.17, 15) is 0 Å². The van der Waals surface area contributed by atoms with Crippen molar-refractivity contribution in [1.82, 2.24) is 0 Å². The van der Waals surface area contributed by atoms with E-state index < -0.39 is 0 Å². The molecule has 88 heavy (non-hydrogen) atoms. The maximum absolute atomic E-state index is 5.75. The highest BCUT2D eigenvalue weighted by Crippen LogP contribution is 2.29. The fraction of sp³-hybridized carbons (Fsp3) is 0.564. The first-order valence-electron chi connectivity index (χ1n) is 33.9. The molecular weight excluding hydrogens is 1100 g/mol. The van der Waals surface area contributed by atoms with Crippen LogP contribution in [0.2, 0.25) is 0 Å². The van der Waals surface area contributed by atoms with Crippen LogP contribution in [0.5, 0.6) is 28.7 Å². The van der Waals surface area contributed by atoms with Gasteiger partial charge in [-0.3, -0.25) is 0 Å². The molecule has 5 heterocycles. The molecule has 5 unspecified atom stereocenters. The van der Waals surface area contributed by atoms with Crippen LogP contribution >= 0.6 is 0 Å². The Hall–Kier alpha value is -5.62. The van der Waals surface area contributed by atoms with E-state index in [1.165, 1.54) is 60.8 Å². The third-order valence-electron chi connectivity index (χ3n) is 11.8. The average molecular weight is 1230 g/mol. The molecule has 502 valence electrons. The van der Waals surface area contributed by atoms with E-state index in [1.807, 2.05) is 194 Å². The van der Waals surface area contributed by atoms with Gasteiger partial charge in [0.2, 0.25) is 0 Å². The summed E-state index contributed by atoms with van der Waals surface area (Å²) in [6.07, 6.45) is 1.64. The Morgan fingerprint density at radius 2 is 0.614 bits per heavy atom. The maximum atomic E-state index is 5.75. The zero-order valence-electron chi connectivity index (χ0n) is 61.4. The van der Waals surface area contributed by atoms with Gasteiger partial charge in [0, 0.05) is 5.39 Å². The summed E-state index contributed by atoms with van der Waals surface area (Å²) in [4.78, 5) is 0. The zero-order valence-corrected chi connectivity index (χ0v) is 61.4. The summed E-state index contributed by atoms with van der Waals surface area (Å²) in [5.74, 6) is 4.94. The van der Waals surface area contributed by atoms with Crippen LogP contribution < -0.4 is 23.7 Å². The minimum Gasteiger partial charge on any atom is -0.491 e. The summed E-state index contributed by atoms with van der Waals surface area (Å²) in [5, 5.41) is 2.38. The lowest BCUT2D eigenvalue weighted by molar-refractivity contribution is 0.260. The molecule has 0 saturated carbocycles. The van der Waals surface area contributed by atoms with E-state index in [2.05, 4.69) is 116 Å². The molecule has 6 aromatic carbocycles. The van der Waals surface area contributed by atoms with Gasteiger partial charge in [0.25, 0.3) is 0 Å². The summed E-state index contributed by atoms with van der Waals surface area (Å²) in [6, 6.07) is 37.2. The van der Waals surface area contributed by atoms with Crippen LogP contribution in [-0.4, -0.2) is 96.6 Å². The second kappa shape index (κ2) is 57.8. The topological polar surface area (TPSA) is 109 Å². The molecule has 5 fully saturated rings. The van der Waals surface area contributed by atoms with E-state index >= 15 is 0 Å². The number of ether oxygens (including phenoxy) is 10. The number of hydrogen-bond donors (Lipinski definition) is 0. The predicted molar refractivity (Wildman–Crippen MR) is 382 cm³/mol. The van der Waals surface area contributed by atoms with Crippen molar-refractivity contribution in [2.75, 3.05) is 66.1 Å². The minimum atomic E-state index is 0.309. The Balaban J connectivity index is -0.000000467. The van der Waals surface area contributed by atoms with Crippen LogP contribution in [0.4, 0.5) is 0 Å². The zero-order chi connectivity index (χ0) is 68.0. The average Bonchev–Trinajstić information content (AvgIpc) is 3.65. The lowest BCUT2D eigenvalue weighted by Crippen LogP contribution is -2.06. The third kappa shape index (κ3) is 40.1. The standard InChI is InChI=1S/C13H12O2.2C12H16O2.C11H14O2.C10H12O2.10C2H6/c1-2-6-12-10(4-1)5-3-7-13(12)15-9-11-8-14-11;1-8-4-9(2)12(10(3)5-8)14-7-11-6-13-11;1-8-4-5-9(2)12(10(8)3)14-7-11-6-13-11;1-8-3-4-9(2)11(5-8)13-7-10-6-12-10;1-8-4-2-3-5-10(8)12-7-9-6-11-9;10*1-2/h1-7,11H,8-9H2;2*4-5,11H,6-7H2,1-3H3;3-5,10H,6-7H2,1-2H3;2-5,9H,6-7H2,1H3;10*1-2H3. The fourth-order valence-electron chi connectivity index (χ4n) is 7.17. The van der Waals surface area contributed by atoms with Crippen molar-refractivity contribution in [2.45, 2.75) is 231 Å². The Bertz CT molecular complexity index is 2510. The van der Waals surface area contributed by atoms with Gasteiger partial charge >= 0.3 is 0 Å². The third-order valence-corrected chi connectivity index (χ3v) is 11.8. The number of hydrogen-bond acceptors (Lipinski definition) is 10. The van der Waals surface area contributed by atoms with Crippen LogP contribution in [0.1, 0.15) is 189 Å². The normalized spacial score (nSPS) is 15.9. The highest BCUT2D eigenvalue weighted by atomic mass is 16.6. The Morgan fingerprint density at radius 3 is 1.06 bits per heavy atom. The first kappa shape index (κ1) is 88.8. The van der Waals surface area contributed by atoms with Gasteiger partial charge in [0.15, 0.2) is 0 Å². The monoisotopic (exact) mass is 1230 g/mol. The van der Waals surface area contributed by atoms with E-state index in [1.54, 1.807) is 0 Å². The van der Waals surface area contributed by atoms with Gasteiger partial charge in [-0.15, -0.1) is 0 Å². The summed E-state index contributed by atoms with van der Waals surface area (Å²) in [5.41, 5.74) is 11.0. The molecule has 0 spiro atoms. The Morgan fingerprint density at radius 1 is 0.284 bits per heavy atom. The van der Waals surface area contributed by atoms with Crippen molar-refractivity contribution < 1.29 is 47.4 Å². The van der Waals surface area contributed by atoms with Gasteiger partial charge in [-0.25, -0.2) is 0 Å². The molecule has 0 radical (unpaired) electrons. The van der Waals surface area contributed by atoms with Crippen molar-refractivity contribution >= 4 is 10.8 Å². The van der Waals surface area contributed by atoms with Crippen LogP contribution in [0.25, 0.3) is 10.8 Å². The van der Waals surface area contributed by atoms with Crippen molar-refractivity contribution in [2.24, 2.45) is 0 Å². The van der Waals surface area contributed by atoms with Crippen molar-refractivity contribution in [3.05, 3.63) is 159 Å². The fourth-order valence-corrected chi connectivity index (χ4v) is 7.17. The predicted octanol–water partition coefficient (Wildman–Crippen LogP) is 21.5. The minimum absolute atomic E-state index is 0.309. The number of rotatable bonds is 15. The smallest absolute Gasteiger partial charge is 0.127 e. The number of fused-ring (bicyclic) bond motifs is 1. The molecule has 0 aliphatic carbocycles. The molecular formula is C78H130O10. The summed E-state index contributed by atoms with van der Waals surface area (Å²) >= 11 is 0. The molecule has 10 nitrogen and oxygen atoms in total. The van der Waals surface area contributed by atoms with Gasteiger partial charge in [-0.05, 0) is 130 Å². The molecule has 5 atom stereocenters. The van der Waals surface area contributed by atoms with Crippen molar-refractivity contribution in [1.29, 1.82) is 0 Å². The van der Waals surface area contributed by atoms with Crippen LogP contribution in [0.3, 0.4) is 0 Å². The first-order valence-corrected chi connectivity index (χ1v) is 33.9. The lowest BCUT2D eigenvalue weighted by Gasteiger charge is -2.12. The Kier molecular flexibility index (Phi) is 58.3. The summed E-state index contributed by atoms with van der Waals surface area (Å²) < 4.78 is 53.8. The van der Waals surface area contributed by atoms with Crippen LogP contribution in [0.15, 0.2) is 109 Å². The van der Waals surface area contributed by atoms with E-state index in [0.29, 0.717) is 63.6 Å². The number of aryl methyl sites for hydroxylation is 8. The van der Waals surface area contributed by atoms with Gasteiger partial charge in [0.05, 0.1) is 33.0 Å². The number of benzene rings is 6. The quantitative estimate of drug-likeness (QED) is 0.0922. The summed E-state index contributed by atoms with van der Waals surface area (Å²) in [7, 11) is 0. The van der Waals surface area contributed by atoms with E-state index in [4.69, 9.17) is 47.4 Å². The van der Waals surface area contributed by atoms with Gasteiger partial charge in [-0.2, -0.15) is 0 Å². The second-order valence-corrected chi connectivity index (χ2v) is 18.2. The molecule has 6 aromatic rings. The highest BCUT2D eigenvalue weighted by molar-refractivity contribution is 5.88. The van der Waals surface area contributed by atoms with Crippen LogP contribution in [-0.2, 0) is 23.7 Å². The van der Waals surface area contributed by atoms with Crippen LogP contribution in [0, 0.1) is 62.3 Å². The number of epoxide rings is 5. The lowest BCUT2D eigenvalue weighted by atomic mass is 10.1. The number of para-hydroxylation sites is 1. The molecule has 10 heteroatoms. The summed E-state index contributed by atoms with van der Waals surface area (Å²) in [6.45, 7) is 66.4. The molecule has 5 aliphatic heterocycles. The SMILES string of the molecule is CC.CC.CC.CC.CC.CC.CC.CC.CC.CC.Cc1cc(C)c(OCC2CO2)c(C)c1.Cc1ccc(C)c(OCC2CO2)c1.Cc1ccc(C)c(OCC2CO2)c1C.Cc1ccccc1OCC1CO1.c1ccc2c(OCC3CO3)cccc2c1. The van der Waals surface area contributed by atoms with E-state index in [-0.39, 0.29) is 0 Å². The molecule has 0 aromatic heterocycles. The molecule has 0 N–H and O–H groups in total. The molecule has 0 amide bonds. The second-order valence-electron chi connectivity index (χ2n) is 18.2. The maximum Gasteiger partial charge on any atom is 0.127 e. The van der Waals surface area contributed by atoms with E-state index in [0.717, 1.165) is 61.8 Å². The van der Waals surface area contributed by atoms with Crippen molar-refractivity contribution in [3.8, 4) is 28.7 Å². The van der Waals surface area contributed by atoms with Gasteiger partial charge in [-0.1, -0.05) is 235 Å². The first-order chi connectivity index (χ1) is 42.9. The molecule has 5 aliphatic rings. The van der Waals surface area contributed by atoms with Crippen molar-refractivity contribution in [3.63, 3.8) is 0 Å². The Labute approximate surface area is 541 Å². The molecule has 11 rings (SSSR count).